The van der Waals surface area contributed by atoms with Crippen molar-refractivity contribution in [3.05, 3.63) is 59.7 Å². The van der Waals surface area contributed by atoms with E-state index in [0.717, 1.165) is 4.90 Å². The monoisotopic (exact) mass is 324 g/mol. The standard InChI is InChI=1S/C18H16N2O4/c1-11(24-13-6-4-3-5-7-13)16(21)19-12-8-9-14-15(10-12)18(23)20(2)17(14)22/h3-11H,1-2H3,(H,19,21)/t11-/m0/s1. The molecule has 2 aromatic rings. The maximum absolute atomic E-state index is 12.2. The third-order valence-electron chi connectivity index (χ3n) is 3.78. The highest BCUT2D eigenvalue weighted by molar-refractivity contribution is 6.21. The first-order chi connectivity index (χ1) is 11.5. The Bertz CT molecular complexity index is 817. The quantitative estimate of drug-likeness (QED) is 0.876. The Morgan fingerprint density at radius 1 is 1.04 bits per heavy atom. The third-order valence-corrected chi connectivity index (χ3v) is 3.78. The summed E-state index contributed by atoms with van der Waals surface area (Å²) < 4.78 is 5.55. The van der Waals surface area contributed by atoms with Crippen molar-refractivity contribution >= 4 is 23.4 Å². The molecule has 3 rings (SSSR count). The molecule has 1 aliphatic rings. The number of anilines is 1. The van der Waals surface area contributed by atoms with Crippen molar-refractivity contribution in [2.45, 2.75) is 13.0 Å². The number of nitrogens with one attached hydrogen (secondary N) is 1. The highest BCUT2D eigenvalue weighted by atomic mass is 16.5. The second kappa shape index (κ2) is 6.16. The van der Waals surface area contributed by atoms with E-state index in [2.05, 4.69) is 5.32 Å². The summed E-state index contributed by atoms with van der Waals surface area (Å²) in [5.41, 5.74) is 1.07. The molecule has 6 heteroatoms. The van der Waals surface area contributed by atoms with Gasteiger partial charge in [0.15, 0.2) is 6.10 Å². The number of imide groups is 1. The predicted octanol–water partition coefficient (Wildman–Crippen LogP) is 2.32. The minimum atomic E-state index is -0.708. The van der Waals surface area contributed by atoms with E-state index in [-0.39, 0.29) is 23.3 Å². The fraction of sp³-hybridized carbons (Fsp3) is 0.167. The van der Waals surface area contributed by atoms with Crippen LogP contribution in [0.15, 0.2) is 48.5 Å². The van der Waals surface area contributed by atoms with Gasteiger partial charge in [0, 0.05) is 12.7 Å². The molecule has 122 valence electrons. The molecule has 6 nitrogen and oxygen atoms in total. The van der Waals surface area contributed by atoms with Crippen LogP contribution in [0.5, 0.6) is 5.75 Å². The molecule has 0 fully saturated rings. The van der Waals surface area contributed by atoms with E-state index in [4.69, 9.17) is 4.74 Å². The Morgan fingerprint density at radius 2 is 1.71 bits per heavy atom. The van der Waals surface area contributed by atoms with Crippen molar-refractivity contribution in [2.24, 2.45) is 0 Å². The van der Waals surface area contributed by atoms with Crippen LogP contribution in [-0.2, 0) is 4.79 Å². The molecule has 0 aromatic heterocycles. The predicted molar refractivity (Wildman–Crippen MR) is 88.0 cm³/mol. The van der Waals surface area contributed by atoms with Crippen LogP contribution in [0.2, 0.25) is 0 Å². The van der Waals surface area contributed by atoms with Gasteiger partial charge in [-0.25, -0.2) is 0 Å². The molecule has 1 atom stereocenters. The molecular formula is C18H16N2O4. The zero-order valence-corrected chi connectivity index (χ0v) is 13.3. The average Bonchev–Trinajstić information content (AvgIpc) is 2.80. The Balaban J connectivity index is 1.72. The maximum atomic E-state index is 12.2. The molecule has 2 aromatic carbocycles. The zero-order chi connectivity index (χ0) is 17.3. The van der Waals surface area contributed by atoms with Crippen molar-refractivity contribution in [1.29, 1.82) is 0 Å². The van der Waals surface area contributed by atoms with Crippen LogP contribution < -0.4 is 10.1 Å². The van der Waals surface area contributed by atoms with Crippen LogP contribution in [-0.4, -0.2) is 35.8 Å². The molecule has 0 bridgehead atoms. The number of ether oxygens (including phenoxy) is 1. The van der Waals surface area contributed by atoms with Gasteiger partial charge in [0.2, 0.25) is 0 Å². The summed E-state index contributed by atoms with van der Waals surface area (Å²) in [7, 11) is 1.43. The number of carbonyl (C=O) groups excluding carboxylic acids is 3. The van der Waals surface area contributed by atoms with Gasteiger partial charge in [-0.3, -0.25) is 19.3 Å². The Kier molecular flexibility index (Phi) is 4.04. The molecule has 24 heavy (non-hydrogen) atoms. The molecule has 0 aliphatic carbocycles. The molecule has 1 aliphatic heterocycles. The maximum Gasteiger partial charge on any atom is 0.265 e. The van der Waals surface area contributed by atoms with E-state index in [0.29, 0.717) is 17.0 Å². The fourth-order valence-electron chi connectivity index (χ4n) is 2.44. The summed E-state index contributed by atoms with van der Waals surface area (Å²) in [6.45, 7) is 1.64. The normalized spacial score (nSPS) is 14.3. The molecule has 0 unspecified atom stereocenters. The van der Waals surface area contributed by atoms with Crippen LogP contribution in [0.1, 0.15) is 27.6 Å². The van der Waals surface area contributed by atoms with E-state index in [1.165, 1.54) is 19.2 Å². The zero-order valence-electron chi connectivity index (χ0n) is 13.3. The SMILES string of the molecule is C[C@H](Oc1ccccc1)C(=O)Nc1ccc2c(c1)C(=O)N(C)C2=O. The first-order valence-corrected chi connectivity index (χ1v) is 7.46. The highest BCUT2D eigenvalue weighted by Gasteiger charge is 2.32. The number of para-hydroxylation sites is 1. The summed E-state index contributed by atoms with van der Waals surface area (Å²) in [4.78, 5) is 37.1. The smallest absolute Gasteiger partial charge is 0.265 e. The summed E-state index contributed by atoms with van der Waals surface area (Å²) in [6.07, 6.45) is -0.708. The van der Waals surface area contributed by atoms with Crippen molar-refractivity contribution in [3.8, 4) is 5.75 Å². The molecule has 3 amide bonds. The second-order valence-electron chi connectivity index (χ2n) is 5.49. The summed E-state index contributed by atoms with van der Waals surface area (Å²) in [5, 5.41) is 2.70. The second-order valence-corrected chi connectivity index (χ2v) is 5.49. The van der Waals surface area contributed by atoms with Gasteiger partial charge >= 0.3 is 0 Å². The summed E-state index contributed by atoms with van der Waals surface area (Å²) >= 11 is 0. The van der Waals surface area contributed by atoms with Crippen molar-refractivity contribution in [2.75, 3.05) is 12.4 Å². The van der Waals surface area contributed by atoms with E-state index in [1.807, 2.05) is 18.2 Å². The summed E-state index contributed by atoms with van der Waals surface area (Å²) in [6, 6.07) is 13.7. The van der Waals surface area contributed by atoms with E-state index >= 15 is 0 Å². The molecule has 1 heterocycles. The van der Waals surface area contributed by atoms with E-state index in [1.54, 1.807) is 25.1 Å². The third kappa shape index (κ3) is 2.86. The lowest BCUT2D eigenvalue weighted by atomic mass is 10.1. The van der Waals surface area contributed by atoms with Crippen LogP contribution >= 0.6 is 0 Å². The Morgan fingerprint density at radius 3 is 2.42 bits per heavy atom. The van der Waals surface area contributed by atoms with Crippen molar-refractivity contribution in [1.82, 2.24) is 4.90 Å². The number of carbonyl (C=O) groups is 3. The number of hydrogen-bond acceptors (Lipinski definition) is 4. The first kappa shape index (κ1) is 15.7. The van der Waals surface area contributed by atoms with Crippen LogP contribution in [0.25, 0.3) is 0 Å². The number of benzene rings is 2. The summed E-state index contributed by atoms with van der Waals surface area (Å²) in [5.74, 6) is -0.464. The lowest BCUT2D eigenvalue weighted by molar-refractivity contribution is -0.122. The number of nitrogens with zero attached hydrogens (tertiary/aromatic N) is 1. The van der Waals surface area contributed by atoms with Crippen LogP contribution in [0.4, 0.5) is 5.69 Å². The lowest BCUT2D eigenvalue weighted by Crippen LogP contribution is -2.30. The van der Waals surface area contributed by atoms with Gasteiger partial charge in [-0.05, 0) is 37.3 Å². The molecule has 0 saturated heterocycles. The lowest BCUT2D eigenvalue weighted by Gasteiger charge is -2.14. The van der Waals surface area contributed by atoms with Gasteiger partial charge in [-0.1, -0.05) is 18.2 Å². The first-order valence-electron chi connectivity index (χ1n) is 7.46. The molecular weight excluding hydrogens is 308 g/mol. The number of rotatable bonds is 4. The van der Waals surface area contributed by atoms with Gasteiger partial charge in [-0.15, -0.1) is 0 Å². The minimum Gasteiger partial charge on any atom is -0.481 e. The number of fused-ring (bicyclic) bond motifs is 1. The average molecular weight is 324 g/mol. The molecule has 1 N–H and O–H groups in total. The fourth-order valence-corrected chi connectivity index (χ4v) is 2.44. The largest absolute Gasteiger partial charge is 0.481 e. The van der Waals surface area contributed by atoms with Crippen LogP contribution in [0.3, 0.4) is 0 Å². The van der Waals surface area contributed by atoms with Gasteiger partial charge in [0.25, 0.3) is 17.7 Å². The molecule has 0 spiro atoms. The van der Waals surface area contributed by atoms with Gasteiger partial charge in [0.1, 0.15) is 5.75 Å². The number of amides is 3. The Labute approximate surface area is 139 Å². The molecule has 0 saturated carbocycles. The van der Waals surface area contributed by atoms with Gasteiger partial charge in [-0.2, -0.15) is 0 Å². The van der Waals surface area contributed by atoms with Crippen molar-refractivity contribution in [3.63, 3.8) is 0 Å². The van der Waals surface area contributed by atoms with E-state index < -0.39 is 6.10 Å². The minimum absolute atomic E-state index is 0.289. The van der Waals surface area contributed by atoms with Crippen LogP contribution in [0, 0.1) is 0 Å². The van der Waals surface area contributed by atoms with Gasteiger partial charge in [0.05, 0.1) is 11.1 Å². The van der Waals surface area contributed by atoms with Crippen molar-refractivity contribution < 1.29 is 19.1 Å². The highest BCUT2D eigenvalue weighted by Crippen LogP contribution is 2.25. The van der Waals surface area contributed by atoms with E-state index in [9.17, 15) is 14.4 Å². The van der Waals surface area contributed by atoms with Gasteiger partial charge < -0.3 is 10.1 Å². The molecule has 0 radical (unpaired) electrons. The number of hydrogen-bond donors (Lipinski definition) is 1. The topological polar surface area (TPSA) is 75.7 Å². The Hall–Kier alpha value is -3.15.